The van der Waals surface area contributed by atoms with E-state index in [0.717, 1.165) is 17.7 Å². The first-order valence-corrected chi connectivity index (χ1v) is 7.05. The largest absolute Gasteiger partial charge is 0.428 e. The second-order valence-electron chi connectivity index (χ2n) is 5.41. The molecule has 1 aromatic heterocycles. The lowest BCUT2D eigenvalue weighted by molar-refractivity contribution is 0.417. The molecule has 0 spiro atoms. The fourth-order valence-corrected chi connectivity index (χ4v) is 2.93. The Labute approximate surface area is 134 Å². The Bertz CT molecular complexity index is 981. The molecule has 1 aliphatic heterocycles. The second-order valence-corrected chi connectivity index (χ2v) is 5.41. The maximum absolute atomic E-state index is 14.3. The highest BCUT2D eigenvalue weighted by atomic mass is 19.2. The summed E-state index contributed by atoms with van der Waals surface area (Å²) >= 11 is 0. The molecule has 0 atom stereocenters. The lowest BCUT2D eigenvalue weighted by Crippen LogP contribution is -2.50. The minimum atomic E-state index is -1.89. The first kappa shape index (κ1) is 14.7. The summed E-state index contributed by atoms with van der Waals surface area (Å²) in [6, 6.07) is 7.29. The summed E-state index contributed by atoms with van der Waals surface area (Å²) in [6.07, 6.45) is 0.996. The average Bonchev–Trinajstić information content (AvgIpc) is 2.94. The average molecular weight is 332 g/mol. The Morgan fingerprint density at radius 1 is 0.958 bits per heavy atom. The van der Waals surface area contributed by atoms with Crippen LogP contribution in [0.3, 0.4) is 0 Å². The van der Waals surface area contributed by atoms with Crippen molar-refractivity contribution in [1.29, 1.82) is 0 Å². The van der Waals surface area contributed by atoms with Crippen molar-refractivity contribution in [3.8, 4) is 0 Å². The Balaban J connectivity index is 1.97. The summed E-state index contributed by atoms with van der Waals surface area (Å²) in [5, 5.41) is 2.62. The highest BCUT2D eigenvalue weighted by Gasteiger charge is 2.37. The SMILES string of the molecule is CN1B(c2ncnc3c(F)c(F)c(F)c(F)c23)Nc2ccccc21. The molecule has 1 aliphatic rings. The van der Waals surface area contributed by atoms with Gasteiger partial charge in [-0.1, -0.05) is 12.1 Å². The normalized spacial score (nSPS) is 13.4. The van der Waals surface area contributed by atoms with Gasteiger partial charge in [-0.25, -0.2) is 27.5 Å². The van der Waals surface area contributed by atoms with Gasteiger partial charge in [0.25, 0.3) is 0 Å². The molecule has 2 aromatic carbocycles. The summed E-state index contributed by atoms with van der Waals surface area (Å²) in [6.45, 7) is -0.674. The Morgan fingerprint density at radius 2 is 1.67 bits per heavy atom. The fraction of sp³-hybridized carbons (Fsp3) is 0.0667. The van der Waals surface area contributed by atoms with E-state index in [1.165, 1.54) is 0 Å². The van der Waals surface area contributed by atoms with Crippen LogP contribution in [0.4, 0.5) is 28.9 Å². The molecule has 0 saturated carbocycles. The van der Waals surface area contributed by atoms with Crippen molar-refractivity contribution < 1.29 is 17.6 Å². The Kier molecular flexibility index (Phi) is 3.12. The van der Waals surface area contributed by atoms with Gasteiger partial charge in [0, 0.05) is 11.4 Å². The number of aromatic nitrogens is 2. The molecule has 0 fully saturated rings. The molecule has 0 amide bonds. The molecule has 0 bridgehead atoms. The summed E-state index contributed by atoms with van der Waals surface area (Å²) < 4.78 is 55.4. The number of benzene rings is 2. The van der Waals surface area contributed by atoms with Crippen LogP contribution in [0.2, 0.25) is 0 Å². The second kappa shape index (κ2) is 5.08. The predicted octanol–water partition coefficient (Wildman–Crippen LogP) is 2.44. The number of anilines is 2. The molecule has 0 unspecified atom stereocenters. The number of halogens is 4. The zero-order valence-electron chi connectivity index (χ0n) is 12.3. The topological polar surface area (TPSA) is 41.1 Å². The van der Waals surface area contributed by atoms with E-state index in [1.807, 2.05) is 24.3 Å². The molecule has 0 saturated heterocycles. The molecule has 0 radical (unpaired) electrons. The first-order chi connectivity index (χ1) is 11.5. The highest BCUT2D eigenvalue weighted by molar-refractivity contribution is 6.82. The number of fused-ring (bicyclic) bond motifs is 2. The van der Waals surface area contributed by atoms with Gasteiger partial charge >= 0.3 is 6.98 Å². The molecule has 4 rings (SSSR count). The molecule has 3 aromatic rings. The van der Waals surface area contributed by atoms with Crippen molar-refractivity contribution in [3.05, 3.63) is 53.9 Å². The van der Waals surface area contributed by atoms with Crippen LogP contribution in [0.25, 0.3) is 10.9 Å². The third kappa shape index (κ3) is 1.87. The zero-order chi connectivity index (χ0) is 17.0. The molecular weight excluding hydrogens is 323 g/mol. The smallest absolute Gasteiger partial charge is 0.403 e. The fourth-order valence-electron chi connectivity index (χ4n) is 2.93. The van der Waals surface area contributed by atoms with Gasteiger partial charge in [-0.15, -0.1) is 0 Å². The Hall–Kier alpha value is -2.84. The molecule has 1 N–H and O–H groups in total. The van der Waals surface area contributed by atoms with Crippen LogP contribution in [0.5, 0.6) is 0 Å². The zero-order valence-corrected chi connectivity index (χ0v) is 12.3. The minimum Gasteiger partial charge on any atom is -0.403 e. The lowest BCUT2D eigenvalue weighted by atomic mass is 9.69. The predicted molar refractivity (Wildman–Crippen MR) is 83.2 cm³/mol. The molecule has 2 heterocycles. The van der Waals surface area contributed by atoms with Crippen molar-refractivity contribution in [2.24, 2.45) is 0 Å². The molecule has 0 aliphatic carbocycles. The standard InChI is InChI=1S/C15H9BF4N4/c1-24-8-5-3-2-4-7(8)23-16(24)15-9-10(17)11(18)12(19)13(20)14(9)21-6-22-15/h2-6,23H,1H3. The number of nitrogens with one attached hydrogen (secondary N) is 1. The van der Waals surface area contributed by atoms with E-state index in [9.17, 15) is 17.6 Å². The molecular formula is C15H9BF4N4. The van der Waals surface area contributed by atoms with E-state index in [-0.39, 0.29) is 5.59 Å². The summed E-state index contributed by atoms with van der Waals surface area (Å²) in [5.41, 5.74) is 1.01. The van der Waals surface area contributed by atoms with Gasteiger partial charge in [-0.05, 0) is 19.2 Å². The summed E-state index contributed by atoms with van der Waals surface area (Å²) in [7, 11) is 1.73. The minimum absolute atomic E-state index is 0.0222. The third-order valence-corrected chi connectivity index (χ3v) is 4.10. The van der Waals surface area contributed by atoms with Crippen LogP contribution in [0.15, 0.2) is 30.6 Å². The summed E-state index contributed by atoms with van der Waals surface area (Å²) in [4.78, 5) is 9.30. The quantitative estimate of drug-likeness (QED) is 0.322. The van der Waals surface area contributed by atoms with E-state index in [2.05, 4.69) is 15.2 Å². The number of para-hydroxylation sites is 2. The van der Waals surface area contributed by atoms with Crippen LogP contribution in [0.1, 0.15) is 0 Å². The van der Waals surface area contributed by atoms with Gasteiger partial charge in [0.1, 0.15) is 11.8 Å². The van der Waals surface area contributed by atoms with Crippen molar-refractivity contribution in [1.82, 2.24) is 9.97 Å². The number of hydrogen-bond donors (Lipinski definition) is 1. The van der Waals surface area contributed by atoms with Crippen molar-refractivity contribution in [2.45, 2.75) is 0 Å². The van der Waals surface area contributed by atoms with Gasteiger partial charge in [0.2, 0.25) is 0 Å². The number of rotatable bonds is 1. The molecule has 120 valence electrons. The number of nitrogens with zero attached hydrogens (tertiary/aromatic N) is 3. The molecule has 24 heavy (non-hydrogen) atoms. The lowest BCUT2D eigenvalue weighted by Gasteiger charge is -2.19. The van der Waals surface area contributed by atoms with Crippen molar-refractivity contribution in [2.75, 3.05) is 17.1 Å². The van der Waals surface area contributed by atoms with Crippen molar-refractivity contribution in [3.63, 3.8) is 0 Å². The van der Waals surface area contributed by atoms with Crippen molar-refractivity contribution >= 4 is 34.9 Å². The van der Waals surface area contributed by atoms with E-state index < -0.39 is 41.2 Å². The maximum Gasteiger partial charge on any atom is 0.428 e. The van der Waals surface area contributed by atoms with Gasteiger partial charge in [0.05, 0.1) is 11.0 Å². The van der Waals surface area contributed by atoms with Gasteiger partial charge in [0.15, 0.2) is 23.3 Å². The molecule has 9 heteroatoms. The van der Waals surface area contributed by atoms with E-state index in [4.69, 9.17) is 0 Å². The third-order valence-electron chi connectivity index (χ3n) is 4.10. The van der Waals surface area contributed by atoms with E-state index in [0.29, 0.717) is 0 Å². The van der Waals surface area contributed by atoms with Gasteiger partial charge in [-0.2, -0.15) is 0 Å². The van der Waals surface area contributed by atoms with E-state index in [1.54, 1.807) is 11.9 Å². The van der Waals surface area contributed by atoms with Crippen LogP contribution in [-0.2, 0) is 0 Å². The van der Waals surface area contributed by atoms with Crippen LogP contribution in [-0.4, -0.2) is 24.0 Å². The monoisotopic (exact) mass is 332 g/mol. The van der Waals surface area contributed by atoms with E-state index >= 15 is 0 Å². The van der Waals surface area contributed by atoms with Crippen LogP contribution in [0, 0.1) is 23.3 Å². The maximum atomic E-state index is 14.3. The first-order valence-electron chi connectivity index (χ1n) is 7.05. The number of hydrogen-bond acceptors (Lipinski definition) is 4. The molecule has 4 nitrogen and oxygen atoms in total. The van der Waals surface area contributed by atoms with Gasteiger partial charge in [-0.3, -0.25) is 0 Å². The Morgan fingerprint density at radius 3 is 2.42 bits per heavy atom. The highest BCUT2D eigenvalue weighted by Crippen LogP contribution is 2.32. The van der Waals surface area contributed by atoms with Crippen LogP contribution >= 0.6 is 0 Å². The summed E-state index contributed by atoms with van der Waals surface area (Å²) in [5.74, 6) is -6.81. The van der Waals surface area contributed by atoms with Crippen LogP contribution < -0.4 is 15.6 Å². The van der Waals surface area contributed by atoms with Gasteiger partial charge < -0.3 is 10.0 Å².